The minimum Gasteiger partial charge on any atom is -0.480 e. The summed E-state index contributed by atoms with van der Waals surface area (Å²) in [6.45, 7) is 5.48. The van der Waals surface area contributed by atoms with Gasteiger partial charge in [-0.3, -0.25) is 14.4 Å². The van der Waals surface area contributed by atoms with Gasteiger partial charge >= 0.3 is 5.97 Å². The molecule has 12 heteroatoms. The highest BCUT2D eigenvalue weighted by Crippen LogP contribution is 2.09. The zero-order chi connectivity index (χ0) is 25.6. The number of aliphatic hydroxyl groups is 1. The molecule has 0 saturated heterocycles. The minimum atomic E-state index is -1.20. The Morgan fingerprint density at radius 3 is 1.85 bits per heavy atom. The Labute approximate surface area is 200 Å². The molecule has 192 valence electrons. The summed E-state index contributed by atoms with van der Waals surface area (Å²) >= 11 is 1.48. The Balaban J connectivity index is 5.47. The fourth-order valence-electron chi connectivity index (χ4n) is 2.99. The molecule has 0 aliphatic heterocycles. The number of carboxylic acids is 1. The predicted octanol–water partition coefficient (Wildman–Crippen LogP) is -0.838. The van der Waals surface area contributed by atoms with Crippen LogP contribution >= 0.6 is 11.8 Å². The first kappa shape index (κ1) is 31.1. The number of nitrogens with one attached hydrogen (secondary N) is 3. The molecule has 11 nitrogen and oxygen atoms in total. The summed E-state index contributed by atoms with van der Waals surface area (Å²) in [5, 5.41) is 26.7. The van der Waals surface area contributed by atoms with Crippen LogP contribution in [0, 0.1) is 5.92 Å². The number of nitrogens with two attached hydrogens (primary N) is 2. The van der Waals surface area contributed by atoms with Crippen LogP contribution in [0.2, 0.25) is 0 Å². The molecule has 5 unspecified atom stereocenters. The maximum atomic E-state index is 13.0. The number of thioether (sulfide) groups is 1. The molecule has 0 aromatic heterocycles. The average molecular weight is 492 g/mol. The second-order valence-corrected chi connectivity index (χ2v) is 9.47. The van der Waals surface area contributed by atoms with E-state index >= 15 is 0 Å². The summed E-state index contributed by atoms with van der Waals surface area (Å²) < 4.78 is 0. The Hall–Kier alpha value is -1.89. The Kier molecular flexibility index (Phi) is 15.7. The molecule has 3 amide bonds. The van der Waals surface area contributed by atoms with Crippen LogP contribution in [0.3, 0.4) is 0 Å². The lowest BCUT2D eigenvalue weighted by Crippen LogP contribution is -2.58. The number of unbranched alkanes of at least 4 members (excludes halogenated alkanes) is 1. The number of rotatable bonds is 17. The maximum absolute atomic E-state index is 13.0. The van der Waals surface area contributed by atoms with Crippen LogP contribution in [0.5, 0.6) is 0 Å². The monoisotopic (exact) mass is 491 g/mol. The molecule has 33 heavy (non-hydrogen) atoms. The molecule has 9 N–H and O–H groups in total. The lowest BCUT2D eigenvalue weighted by atomic mass is 10.0. The number of carbonyl (C=O) groups is 4. The lowest BCUT2D eigenvalue weighted by molar-refractivity contribution is -0.143. The Bertz CT molecular complexity index is 634. The Morgan fingerprint density at radius 1 is 0.879 bits per heavy atom. The molecule has 0 aromatic carbocycles. The minimum absolute atomic E-state index is 0.0425. The van der Waals surface area contributed by atoms with E-state index in [2.05, 4.69) is 16.0 Å². The summed E-state index contributed by atoms with van der Waals surface area (Å²) in [6, 6.07) is -4.24. The van der Waals surface area contributed by atoms with Crippen LogP contribution in [0.1, 0.15) is 52.9 Å². The molecule has 5 atom stereocenters. The first-order valence-electron chi connectivity index (χ1n) is 11.2. The molecule has 0 aliphatic carbocycles. The molecule has 0 spiro atoms. The summed E-state index contributed by atoms with van der Waals surface area (Å²) in [7, 11) is 0. The van der Waals surface area contributed by atoms with E-state index in [0.29, 0.717) is 25.1 Å². The van der Waals surface area contributed by atoms with Crippen LogP contribution in [-0.4, -0.2) is 82.7 Å². The van der Waals surface area contributed by atoms with Crippen LogP contribution in [0.15, 0.2) is 0 Å². The third-order valence-corrected chi connectivity index (χ3v) is 5.61. The van der Waals surface area contributed by atoms with Crippen molar-refractivity contribution >= 4 is 35.5 Å². The zero-order valence-electron chi connectivity index (χ0n) is 20.0. The van der Waals surface area contributed by atoms with E-state index in [1.165, 1.54) is 18.7 Å². The summed E-state index contributed by atoms with van der Waals surface area (Å²) in [4.78, 5) is 49.6. The topological polar surface area (TPSA) is 197 Å². The number of hydrogen-bond acceptors (Lipinski definition) is 8. The lowest BCUT2D eigenvalue weighted by Gasteiger charge is -2.26. The highest BCUT2D eigenvalue weighted by molar-refractivity contribution is 7.98. The van der Waals surface area contributed by atoms with Gasteiger partial charge in [-0.2, -0.15) is 11.8 Å². The van der Waals surface area contributed by atoms with Crippen molar-refractivity contribution in [2.75, 3.05) is 18.6 Å². The second-order valence-electron chi connectivity index (χ2n) is 8.48. The van der Waals surface area contributed by atoms with Gasteiger partial charge in [-0.25, -0.2) is 4.79 Å². The van der Waals surface area contributed by atoms with Gasteiger partial charge in [0.15, 0.2) is 0 Å². The van der Waals surface area contributed by atoms with Crippen molar-refractivity contribution in [2.45, 2.75) is 83.1 Å². The van der Waals surface area contributed by atoms with Crippen molar-refractivity contribution in [1.82, 2.24) is 16.0 Å². The van der Waals surface area contributed by atoms with E-state index in [1.54, 1.807) is 0 Å². The van der Waals surface area contributed by atoms with Crippen LogP contribution in [-0.2, 0) is 19.2 Å². The summed E-state index contributed by atoms with van der Waals surface area (Å²) in [5.74, 6) is -2.43. The number of amides is 3. The molecule has 0 aromatic rings. The van der Waals surface area contributed by atoms with Gasteiger partial charge < -0.3 is 37.6 Å². The van der Waals surface area contributed by atoms with E-state index in [-0.39, 0.29) is 25.2 Å². The normalized spacial score (nSPS) is 15.8. The standard InChI is InChI=1S/C21H41N5O6S/c1-12(2)11-16(21(31)32)26-18(28)14(7-5-6-9-22)24-19(29)15(8-10-33-4)25-20(30)17(23)13(3)27/h12-17,27H,5-11,22-23H2,1-4H3,(H,24,29)(H,25,30)(H,26,28)(H,31,32). The third kappa shape index (κ3) is 12.8. The van der Waals surface area contributed by atoms with Gasteiger partial charge in [0.25, 0.3) is 0 Å². The van der Waals surface area contributed by atoms with E-state index in [4.69, 9.17) is 11.5 Å². The van der Waals surface area contributed by atoms with E-state index in [0.717, 1.165) is 0 Å². The number of aliphatic hydroxyl groups excluding tert-OH is 1. The van der Waals surface area contributed by atoms with Crippen molar-refractivity contribution in [2.24, 2.45) is 17.4 Å². The van der Waals surface area contributed by atoms with Crippen LogP contribution in [0.4, 0.5) is 0 Å². The van der Waals surface area contributed by atoms with E-state index in [9.17, 15) is 29.4 Å². The highest BCUT2D eigenvalue weighted by atomic mass is 32.2. The molecule has 0 saturated carbocycles. The SMILES string of the molecule is CSCCC(NC(=O)C(N)C(C)O)C(=O)NC(CCCCN)C(=O)NC(CC(C)C)C(=O)O. The summed E-state index contributed by atoms with van der Waals surface area (Å²) in [5.41, 5.74) is 11.2. The van der Waals surface area contributed by atoms with Gasteiger partial charge in [0.05, 0.1) is 6.10 Å². The molecular formula is C21H41N5O6S. The second kappa shape index (κ2) is 16.7. The number of hydrogen-bond donors (Lipinski definition) is 7. The molecule has 0 aliphatic rings. The first-order chi connectivity index (χ1) is 15.4. The Morgan fingerprint density at radius 2 is 1.39 bits per heavy atom. The molecule has 0 bridgehead atoms. The van der Waals surface area contributed by atoms with Crippen molar-refractivity contribution in [1.29, 1.82) is 0 Å². The molecule has 0 fully saturated rings. The van der Waals surface area contributed by atoms with Gasteiger partial charge in [0, 0.05) is 0 Å². The molecule has 0 radical (unpaired) electrons. The van der Waals surface area contributed by atoms with Gasteiger partial charge in [-0.15, -0.1) is 0 Å². The van der Waals surface area contributed by atoms with Crippen molar-refractivity contribution in [3.8, 4) is 0 Å². The summed E-state index contributed by atoms with van der Waals surface area (Å²) in [6.07, 6.45) is 2.72. The predicted molar refractivity (Wildman–Crippen MR) is 128 cm³/mol. The first-order valence-corrected chi connectivity index (χ1v) is 12.6. The maximum Gasteiger partial charge on any atom is 0.326 e. The van der Waals surface area contributed by atoms with Gasteiger partial charge in [0.1, 0.15) is 24.2 Å². The van der Waals surface area contributed by atoms with Crippen LogP contribution in [0.25, 0.3) is 0 Å². The van der Waals surface area contributed by atoms with Crippen molar-refractivity contribution in [3.63, 3.8) is 0 Å². The van der Waals surface area contributed by atoms with Gasteiger partial charge in [-0.05, 0) is 63.5 Å². The smallest absolute Gasteiger partial charge is 0.326 e. The van der Waals surface area contributed by atoms with Crippen LogP contribution < -0.4 is 27.4 Å². The van der Waals surface area contributed by atoms with Gasteiger partial charge in [-0.1, -0.05) is 13.8 Å². The average Bonchev–Trinajstić information content (AvgIpc) is 2.73. The van der Waals surface area contributed by atoms with E-state index in [1.807, 2.05) is 20.1 Å². The fraction of sp³-hybridized carbons (Fsp3) is 0.810. The number of carboxylic acid groups (broad SMARTS) is 1. The zero-order valence-corrected chi connectivity index (χ0v) is 20.8. The highest BCUT2D eigenvalue weighted by Gasteiger charge is 2.30. The molecule has 0 rings (SSSR count). The van der Waals surface area contributed by atoms with Crippen molar-refractivity contribution < 1.29 is 29.4 Å². The number of aliphatic carboxylic acids is 1. The third-order valence-electron chi connectivity index (χ3n) is 4.97. The number of carbonyl (C=O) groups excluding carboxylic acids is 3. The fourth-order valence-corrected chi connectivity index (χ4v) is 3.46. The van der Waals surface area contributed by atoms with Crippen molar-refractivity contribution in [3.05, 3.63) is 0 Å². The largest absolute Gasteiger partial charge is 0.480 e. The van der Waals surface area contributed by atoms with E-state index < -0.39 is 54.0 Å². The van der Waals surface area contributed by atoms with Gasteiger partial charge in [0.2, 0.25) is 17.7 Å². The molecule has 0 heterocycles. The quantitative estimate of drug-likeness (QED) is 0.127. The molecular weight excluding hydrogens is 450 g/mol.